The fourth-order valence-corrected chi connectivity index (χ4v) is 3.29. The van der Waals surface area contributed by atoms with E-state index in [1.165, 1.54) is 0 Å². The first-order valence-corrected chi connectivity index (χ1v) is 9.22. The Morgan fingerprint density at radius 3 is 2.87 bits per heavy atom. The molecule has 4 nitrogen and oxygen atoms in total. The first-order chi connectivity index (χ1) is 11.0. The number of hydrogen-bond donors (Lipinski definition) is 0. The van der Waals surface area contributed by atoms with E-state index in [1.807, 2.05) is 24.4 Å². The molecule has 3 rings (SSSR count). The van der Waals surface area contributed by atoms with Crippen LogP contribution in [0.2, 0.25) is 0 Å². The third-order valence-electron chi connectivity index (χ3n) is 4.20. The van der Waals surface area contributed by atoms with Crippen molar-refractivity contribution in [2.24, 2.45) is 5.92 Å². The van der Waals surface area contributed by atoms with E-state index < -0.39 is 0 Å². The fraction of sp³-hybridized carbons (Fsp3) is 0.556. The Morgan fingerprint density at radius 2 is 2.26 bits per heavy atom. The molecule has 0 unspecified atom stereocenters. The Labute approximate surface area is 141 Å². The molecule has 0 aromatic carbocycles. The summed E-state index contributed by atoms with van der Waals surface area (Å²) in [5, 5.41) is 2.00. The molecule has 1 fully saturated rings. The Kier molecular flexibility index (Phi) is 4.85. The average molecular weight is 332 g/mol. The molecule has 1 saturated carbocycles. The van der Waals surface area contributed by atoms with Crippen LogP contribution < -0.4 is 0 Å². The Balaban J connectivity index is 1.69. The van der Waals surface area contributed by atoms with E-state index >= 15 is 0 Å². The van der Waals surface area contributed by atoms with Gasteiger partial charge < -0.3 is 9.32 Å². The molecule has 0 saturated heterocycles. The number of aryl methyl sites for hydroxylation is 1. The number of amides is 1. The standard InChI is InChI=1S/C18H24N2O2S/c1-12(2)8-9-20(14-6-7-14)17(21)11-15-13(3)22-18(19-15)16-5-4-10-23-16/h4-5,10,12,14H,6-9,11H2,1-3H3. The first-order valence-electron chi connectivity index (χ1n) is 8.34. The van der Waals surface area contributed by atoms with Gasteiger partial charge in [-0.15, -0.1) is 11.3 Å². The van der Waals surface area contributed by atoms with Gasteiger partial charge >= 0.3 is 0 Å². The van der Waals surface area contributed by atoms with Gasteiger partial charge in [0.25, 0.3) is 0 Å². The molecule has 124 valence electrons. The monoisotopic (exact) mass is 332 g/mol. The number of aromatic nitrogens is 1. The summed E-state index contributed by atoms with van der Waals surface area (Å²) in [5.41, 5.74) is 0.772. The first kappa shape index (κ1) is 16.2. The number of carbonyl (C=O) groups is 1. The van der Waals surface area contributed by atoms with Crippen molar-refractivity contribution in [3.05, 3.63) is 29.0 Å². The van der Waals surface area contributed by atoms with Crippen LogP contribution in [0.4, 0.5) is 0 Å². The van der Waals surface area contributed by atoms with Crippen molar-refractivity contribution in [2.75, 3.05) is 6.54 Å². The molecule has 0 N–H and O–H groups in total. The largest absolute Gasteiger partial charge is 0.440 e. The minimum absolute atomic E-state index is 0.183. The normalized spacial score (nSPS) is 14.4. The second kappa shape index (κ2) is 6.87. The van der Waals surface area contributed by atoms with Crippen LogP contribution in [0.5, 0.6) is 0 Å². The van der Waals surface area contributed by atoms with Crippen LogP contribution in [0.15, 0.2) is 21.9 Å². The molecule has 0 spiro atoms. The van der Waals surface area contributed by atoms with Gasteiger partial charge in [0.1, 0.15) is 5.76 Å². The van der Waals surface area contributed by atoms with Gasteiger partial charge in [-0.25, -0.2) is 4.98 Å². The van der Waals surface area contributed by atoms with Crippen LogP contribution in [0.25, 0.3) is 10.8 Å². The summed E-state index contributed by atoms with van der Waals surface area (Å²) in [6.45, 7) is 7.15. The third-order valence-corrected chi connectivity index (χ3v) is 5.06. The predicted molar refractivity (Wildman–Crippen MR) is 92.4 cm³/mol. The summed E-state index contributed by atoms with van der Waals surface area (Å²) >= 11 is 1.60. The Bertz CT molecular complexity index is 657. The number of nitrogens with zero attached hydrogens (tertiary/aromatic N) is 2. The van der Waals surface area contributed by atoms with Gasteiger partial charge in [-0.05, 0) is 43.6 Å². The maximum absolute atomic E-state index is 12.7. The number of thiophene rings is 1. The summed E-state index contributed by atoms with van der Waals surface area (Å²) < 4.78 is 5.74. The van der Waals surface area contributed by atoms with E-state index in [4.69, 9.17) is 4.42 Å². The maximum Gasteiger partial charge on any atom is 0.236 e. The van der Waals surface area contributed by atoms with E-state index in [0.29, 0.717) is 24.3 Å². The second-order valence-electron chi connectivity index (χ2n) is 6.68. The Hall–Kier alpha value is -1.62. The van der Waals surface area contributed by atoms with Crippen molar-refractivity contribution in [3.8, 4) is 10.8 Å². The van der Waals surface area contributed by atoms with E-state index in [-0.39, 0.29) is 5.91 Å². The van der Waals surface area contributed by atoms with Gasteiger partial charge in [0.05, 0.1) is 17.0 Å². The van der Waals surface area contributed by atoms with E-state index in [0.717, 1.165) is 42.1 Å². The lowest BCUT2D eigenvalue weighted by atomic mass is 10.1. The molecular formula is C18H24N2O2S. The van der Waals surface area contributed by atoms with Gasteiger partial charge in [0.15, 0.2) is 0 Å². The van der Waals surface area contributed by atoms with Gasteiger partial charge in [-0.3, -0.25) is 4.79 Å². The molecule has 2 aromatic rings. The van der Waals surface area contributed by atoms with E-state index in [1.54, 1.807) is 11.3 Å². The predicted octanol–water partition coefficient (Wildman–Crippen LogP) is 4.29. The maximum atomic E-state index is 12.7. The van der Waals surface area contributed by atoms with Crippen molar-refractivity contribution in [1.82, 2.24) is 9.88 Å². The van der Waals surface area contributed by atoms with Crippen molar-refractivity contribution < 1.29 is 9.21 Å². The zero-order valence-corrected chi connectivity index (χ0v) is 14.9. The molecule has 0 bridgehead atoms. The quantitative estimate of drug-likeness (QED) is 0.760. The van der Waals surface area contributed by atoms with Gasteiger partial charge in [-0.1, -0.05) is 19.9 Å². The highest BCUT2D eigenvalue weighted by atomic mass is 32.1. The van der Waals surface area contributed by atoms with Gasteiger partial charge in [0, 0.05) is 12.6 Å². The van der Waals surface area contributed by atoms with Crippen molar-refractivity contribution in [2.45, 2.75) is 52.5 Å². The zero-order valence-electron chi connectivity index (χ0n) is 14.0. The number of oxazole rings is 1. The van der Waals surface area contributed by atoms with Crippen LogP contribution in [-0.4, -0.2) is 28.4 Å². The summed E-state index contributed by atoms with van der Waals surface area (Å²) in [6, 6.07) is 4.41. The summed E-state index contributed by atoms with van der Waals surface area (Å²) in [5.74, 6) is 2.17. The summed E-state index contributed by atoms with van der Waals surface area (Å²) in [4.78, 5) is 20.3. The highest BCUT2D eigenvalue weighted by molar-refractivity contribution is 7.13. The molecule has 2 aromatic heterocycles. The van der Waals surface area contributed by atoms with E-state index in [2.05, 4.69) is 23.7 Å². The van der Waals surface area contributed by atoms with E-state index in [9.17, 15) is 4.79 Å². The molecular weight excluding hydrogens is 308 g/mol. The minimum atomic E-state index is 0.183. The number of rotatable bonds is 7. The molecule has 0 aliphatic heterocycles. The molecule has 5 heteroatoms. The lowest BCUT2D eigenvalue weighted by Gasteiger charge is -2.23. The van der Waals surface area contributed by atoms with Crippen LogP contribution in [0.3, 0.4) is 0 Å². The van der Waals surface area contributed by atoms with Crippen molar-refractivity contribution in [1.29, 1.82) is 0 Å². The highest BCUT2D eigenvalue weighted by Crippen LogP contribution is 2.29. The van der Waals surface area contributed by atoms with Crippen molar-refractivity contribution in [3.63, 3.8) is 0 Å². The molecule has 0 atom stereocenters. The molecule has 0 radical (unpaired) electrons. The molecule has 2 heterocycles. The topological polar surface area (TPSA) is 46.3 Å². The lowest BCUT2D eigenvalue weighted by molar-refractivity contribution is -0.131. The van der Waals surface area contributed by atoms with Crippen LogP contribution in [-0.2, 0) is 11.2 Å². The molecule has 23 heavy (non-hydrogen) atoms. The lowest BCUT2D eigenvalue weighted by Crippen LogP contribution is -2.35. The Morgan fingerprint density at radius 1 is 1.48 bits per heavy atom. The van der Waals surface area contributed by atoms with Crippen molar-refractivity contribution >= 4 is 17.2 Å². The van der Waals surface area contributed by atoms with Crippen LogP contribution in [0, 0.1) is 12.8 Å². The highest BCUT2D eigenvalue weighted by Gasteiger charge is 2.32. The molecule has 1 aliphatic carbocycles. The summed E-state index contributed by atoms with van der Waals surface area (Å²) in [6.07, 6.45) is 3.68. The zero-order chi connectivity index (χ0) is 16.4. The second-order valence-corrected chi connectivity index (χ2v) is 7.62. The minimum Gasteiger partial charge on any atom is -0.440 e. The fourth-order valence-electron chi connectivity index (χ4n) is 2.64. The number of carbonyl (C=O) groups excluding carboxylic acids is 1. The number of hydrogen-bond acceptors (Lipinski definition) is 4. The smallest absolute Gasteiger partial charge is 0.236 e. The molecule has 1 amide bonds. The molecule has 1 aliphatic rings. The van der Waals surface area contributed by atoms with Gasteiger partial charge in [0.2, 0.25) is 11.8 Å². The summed E-state index contributed by atoms with van der Waals surface area (Å²) in [7, 11) is 0. The van der Waals surface area contributed by atoms with Crippen LogP contribution in [0.1, 0.15) is 44.6 Å². The SMILES string of the molecule is Cc1oc(-c2cccs2)nc1CC(=O)N(CCC(C)C)C1CC1. The third kappa shape index (κ3) is 4.02. The van der Waals surface area contributed by atoms with Crippen LogP contribution >= 0.6 is 11.3 Å². The van der Waals surface area contributed by atoms with Gasteiger partial charge in [-0.2, -0.15) is 0 Å². The average Bonchev–Trinajstić information content (AvgIpc) is 3.05.